The van der Waals surface area contributed by atoms with Crippen molar-refractivity contribution in [3.63, 3.8) is 0 Å². The van der Waals surface area contributed by atoms with E-state index in [1.165, 1.54) is 10.8 Å². The summed E-state index contributed by atoms with van der Waals surface area (Å²) in [6.45, 7) is 6.45. The van der Waals surface area contributed by atoms with Crippen LogP contribution in [0, 0.1) is 10.1 Å². The third-order valence-electron chi connectivity index (χ3n) is 3.84. The molecule has 8 nitrogen and oxygen atoms in total. The van der Waals surface area contributed by atoms with Crippen LogP contribution in [0.3, 0.4) is 0 Å². The highest BCUT2D eigenvalue weighted by Gasteiger charge is 2.16. The largest absolute Gasteiger partial charge is 0.483 e. The number of imidazole rings is 1. The molecule has 0 saturated heterocycles. The molecule has 2 aromatic rings. The number of nitrogens with zero attached hydrogens (tertiary/aromatic N) is 5. The van der Waals surface area contributed by atoms with Gasteiger partial charge in [0, 0.05) is 13.1 Å². The smallest absolute Gasteiger partial charge is 0.342 e. The Balaban J connectivity index is 1.94. The molecule has 0 amide bonds. The van der Waals surface area contributed by atoms with Crippen molar-refractivity contribution in [3.8, 4) is 5.75 Å². The third kappa shape index (κ3) is 5.30. The van der Waals surface area contributed by atoms with Gasteiger partial charge in [0.2, 0.25) is 5.82 Å². The molecule has 0 aliphatic carbocycles. The van der Waals surface area contributed by atoms with Gasteiger partial charge in [0.1, 0.15) is 11.9 Å². The topological polar surface area (TPSA) is 85.8 Å². The molecular formula is C18H25N5O3. The summed E-state index contributed by atoms with van der Waals surface area (Å²) in [5.41, 5.74) is 0.849. The lowest BCUT2D eigenvalue weighted by atomic mass is 10.3. The normalized spacial score (nSPS) is 11.0. The fourth-order valence-electron chi connectivity index (χ4n) is 2.47. The van der Waals surface area contributed by atoms with E-state index in [1.54, 1.807) is 7.05 Å². The lowest BCUT2D eigenvalue weighted by Gasteiger charge is -2.17. The number of hydrogen-bond acceptors (Lipinski definition) is 5. The maximum absolute atomic E-state index is 10.8. The molecule has 1 aromatic carbocycles. The average Bonchev–Trinajstić information content (AvgIpc) is 3.00. The molecule has 0 N–H and O–H groups in total. The lowest BCUT2D eigenvalue weighted by molar-refractivity contribution is -0.391. The Labute approximate surface area is 153 Å². The van der Waals surface area contributed by atoms with Gasteiger partial charge >= 0.3 is 5.82 Å². The monoisotopic (exact) mass is 359 g/mol. The zero-order chi connectivity index (χ0) is 18.9. The molecule has 0 unspecified atom stereocenters. The van der Waals surface area contributed by atoms with E-state index in [9.17, 15) is 10.1 Å². The van der Waals surface area contributed by atoms with Crippen molar-refractivity contribution in [1.82, 2.24) is 14.5 Å². The lowest BCUT2D eigenvalue weighted by Crippen LogP contribution is -2.23. The van der Waals surface area contributed by atoms with Gasteiger partial charge < -0.3 is 19.8 Å². The average molecular weight is 359 g/mol. The summed E-state index contributed by atoms with van der Waals surface area (Å²) in [7, 11) is 1.60. The molecule has 1 aromatic heterocycles. The Bertz CT molecular complexity index is 734. The summed E-state index contributed by atoms with van der Waals surface area (Å²) in [6, 6.07) is 7.41. The van der Waals surface area contributed by atoms with Gasteiger partial charge in [-0.15, -0.1) is 0 Å². The summed E-state index contributed by atoms with van der Waals surface area (Å²) < 4.78 is 7.07. The second kappa shape index (κ2) is 9.55. The Morgan fingerprint density at radius 3 is 2.46 bits per heavy atom. The quantitative estimate of drug-likeness (QED) is 0.279. The molecule has 2 rings (SSSR count). The van der Waals surface area contributed by atoms with Gasteiger partial charge in [-0.05, 0) is 42.0 Å². The van der Waals surface area contributed by atoms with Crippen molar-refractivity contribution >= 4 is 17.8 Å². The Kier molecular flexibility index (Phi) is 7.13. The summed E-state index contributed by atoms with van der Waals surface area (Å²) in [5, 5.41) is 10.8. The van der Waals surface area contributed by atoms with Crippen molar-refractivity contribution in [3.05, 3.63) is 46.4 Å². The first kappa shape index (κ1) is 19.4. The molecule has 140 valence electrons. The van der Waals surface area contributed by atoms with Crippen LogP contribution in [-0.2, 0) is 13.7 Å². The number of aromatic nitrogens is 2. The maximum Gasteiger partial charge on any atom is 0.342 e. The van der Waals surface area contributed by atoms with Crippen LogP contribution in [0.15, 0.2) is 35.5 Å². The molecule has 0 spiro atoms. The van der Waals surface area contributed by atoms with Crippen molar-refractivity contribution in [2.75, 3.05) is 13.1 Å². The highest BCUT2D eigenvalue weighted by Crippen LogP contribution is 2.19. The maximum atomic E-state index is 10.8. The Morgan fingerprint density at radius 1 is 1.27 bits per heavy atom. The summed E-state index contributed by atoms with van der Waals surface area (Å²) in [6.07, 6.45) is 5.29. The number of benzene rings is 1. The standard InChI is InChI=1S/C18H25N5O3/c1-4-10-22(11-5-2)14-20-15-6-8-16(9-7-15)26-13-17-19-12-18(21(17)3)23(24)25/h6-9,12,14H,4-5,10-11,13H2,1-3H3/b20-14+. The van der Waals surface area contributed by atoms with Gasteiger partial charge in [0.05, 0.1) is 19.1 Å². The van der Waals surface area contributed by atoms with E-state index >= 15 is 0 Å². The molecule has 8 heteroatoms. The molecule has 1 heterocycles. The van der Waals surface area contributed by atoms with Crippen LogP contribution < -0.4 is 4.74 Å². The third-order valence-corrected chi connectivity index (χ3v) is 3.84. The number of hydrogen-bond donors (Lipinski definition) is 0. The fraction of sp³-hybridized carbons (Fsp3) is 0.444. The Morgan fingerprint density at radius 2 is 1.92 bits per heavy atom. The van der Waals surface area contributed by atoms with Crippen molar-refractivity contribution in [2.24, 2.45) is 12.0 Å². The van der Waals surface area contributed by atoms with Crippen LogP contribution in [0.25, 0.3) is 0 Å². The van der Waals surface area contributed by atoms with Gasteiger partial charge in [-0.1, -0.05) is 13.8 Å². The van der Waals surface area contributed by atoms with Crippen LogP contribution in [0.1, 0.15) is 32.5 Å². The Hall–Kier alpha value is -2.90. The summed E-state index contributed by atoms with van der Waals surface area (Å²) in [5.74, 6) is 1.10. The number of ether oxygens (including phenoxy) is 1. The number of rotatable bonds is 10. The summed E-state index contributed by atoms with van der Waals surface area (Å²) in [4.78, 5) is 21.1. The first-order chi connectivity index (χ1) is 12.5. The van der Waals surface area contributed by atoms with E-state index in [0.717, 1.165) is 31.6 Å². The SMILES string of the molecule is CCCN(/C=N/c1ccc(OCc2ncc([N+](=O)[O-])n2C)cc1)CCC. The molecule has 0 aliphatic heterocycles. The van der Waals surface area contributed by atoms with Gasteiger partial charge in [-0.2, -0.15) is 0 Å². The van der Waals surface area contributed by atoms with Gasteiger partial charge in [0.15, 0.2) is 6.61 Å². The van der Waals surface area contributed by atoms with Gasteiger partial charge in [-0.25, -0.2) is 14.5 Å². The number of nitro groups is 1. The minimum Gasteiger partial charge on any atom is -0.483 e. The highest BCUT2D eigenvalue weighted by atomic mass is 16.6. The van der Waals surface area contributed by atoms with E-state index < -0.39 is 4.92 Å². The predicted octanol–water partition coefficient (Wildman–Crippen LogP) is 3.69. The van der Waals surface area contributed by atoms with Crippen molar-refractivity contribution in [1.29, 1.82) is 0 Å². The molecule has 26 heavy (non-hydrogen) atoms. The molecule has 0 atom stereocenters. The minimum atomic E-state index is -0.469. The highest BCUT2D eigenvalue weighted by molar-refractivity contribution is 5.61. The van der Waals surface area contributed by atoms with E-state index in [4.69, 9.17) is 4.74 Å². The van der Waals surface area contributed by atoms with Crippen LogP contribution in [0.4, 0.5) is 11.5 Å². The van der Waals surface area contributed by atoms with Crippen molar-refractivity contribution < 1.29 is 9.66 Å². The van der Waals surface area contributed by atoms with Crippen LogP contribution in [-0.4, -0.2) is 38.8 Å². The van der Waals surface area contributed by atoms with Gasteiger partial charge in [0.25, 0.3) is 0 Å². The summed E-state index contributed by atoms with van der Waals surface area (Å²) >= 11 is 0. The van der Waals surface area contributed by atoms with E-state index in [2.05, 4.69) is 28.7 Å². The number of aliphatic imine (C=N–C) groups is 1. The van der Waals surface area contributed by atoms with Crippen LogP contribution in [0.5, 0.6) is 5.75 Å². The van der Waals surface area contributed by atoms with E-state index in [-0.39, 0.29) is 12.4 Å². The van der Waals surface area contributed by atoms with Crippen LogP contribution >= 0.6 is 0 Å². The zero-order valence-electron chi connectivity index (χ0n) is 15.5. The predicted molar refractivity (Wildman–Crippen MR) is 101 cm³/mol. The fourth-order valence-corrected chi connectivity index (χ4v) is 2.47. The second-order valence-electron chi connectivity index (χ2n) is 5.91. The van der Waals surface area contributed by atoms with E-state index in [1.807, 2.05) is 30.6 Å². The molecule has 0 radical (unpaired) electrons. The first-order valence-corrected chi connectivity index (χ1v) is 8.71. The molecule has 0 aliphatic rings. The van der Waals surface area contributed by atoms with E-state index in [0.29, 0.717) is 11.6 Å². The first-order valence-electron chi connectivity index (χ1n) is 8.71. The molecule has 0 bridgehead atoms. The van der Waals surface area contributed by atoms with Gasteiger partial charge in [-0.3, -0.25) is 0 Å². The molecular weight excluding hydrogens is 334 g/mol. The van der Waals surface area contributed by atoms with Crippen LogP contribution in [0.2, 0.25) is 0 Å². The second-order valence-corrected chi connectivity index (χ2v) is 5.91. The zero-order valence-corrected chi connectivity index (χ0v) is 15.5. The van der Waals surface area contributed by atoms with Crippen molar-refractivity contribution in [2.45, 2.75) is 33.3 Å². The molecule has 0 saturated carbocycles. The minimum absolute atomic E-state index is 0.0583. The molecule has 0 fully saturated rings.